The van der Waals surface area contributed by atoms with Gasteiger partial charge >= 0.3 is 0 Å². The Bertz CT molecular complexity index is 1170. The average molecular weight is 442 g/mol. The van der Waals surface area contributed by atoms with Crippen molar-refractivity contribution in [3.8, 4) is 0 Å². The number of imide groups is 1. The van der Waals surface area contributed by atoms with E-state index in [0.29, 0.717) is 35.3 Å². The van der Waals surface area contributed by atoms with Crippen molar-refractivity contribution in [3.63, 3.8) is 0 Å². The molecule has 2 heterocycles. The monoisotopic (exact) mass is 442 g/mol. The van der Waals surface area contributed by atoms with E-state index in [1.807, 2.05) is 6.07 Å². The normalized spacial score (nSPS) is 12.4. The van der Waals surface area contributed by atoms with Crippen LogP contribution in [0.5, 0.6) is 0 Å². The molecule has 0 atom stereocenters. The van der Waals surface area contributed by atoms with E-state index in [0.717, 1.165) is 10.5 Å². The van der Waals surface area contributed by atoms with Gasteiger partial charge in [-0.15, -0.1) is 0 Å². The highest BCUT2D eigenvalue weighted by Gasteiger charge is 2.34. The Hall–Kier alpha value is -4.33. The second kappa shape index (κ2) is 9.86. The molecule has 0 unspecified atom stereocenters. The molecule has 2 aromatic carbocycles. The number of nitrogens with one attached hydrogen (secondary N) is 2. The third kappa shape index (κ3) is 4.95. The largest absolute Gasteiger partial charge is 0.348 e. The molecule has 1 aromatic heterocycles. The maximum absolute atomic E-state index is 12.6. The van der Waals surface area contributed by atoms with Gasteiger partial charge in [0.05, 0.1) is 22.4 Å². The molecule has 166 valence electrons. The minimum absolute atomic E-state index is 0.0963. The molecular formula is C25H22N4O4. The van der Waals surface area contributed by atoms with Crippen LogP contribution in [0.15, 0.2) is 73.1 Å². The molecule has 3 aromatic rings. The van der Waals surface area contributed by atoms with Gasteiger partial charge in [0, 0.05) is 31.9 Å². The highest BCUT2D eigenvalue weighted by molar-refractivity contribution is 6.21. The first-order valence-corrected chi connectivity index (χ1v) is 10.6. The molecule has 0 fully saturated rings. The topological polar surface area (TPSA) is 108 Å². The summed E-state index contributed by atoms with van der Waals surface area (Å²) in [5, 5.41) is 5.57. The van der Waals surface area contributed by atoms with Gasteiger partial charge in [-0.2, -0.15) is 0 Å². The lowest BCUT2D eigenvalue weighted by molar-refractivity contribution is -0.116. The van der Waals surface area contributed by atoms with Crippen molar-refractivity contribution in [2.75, 3.05) is 11.9 Å². The predicted octanol–water partition coefficient (Wildman–Crippen LogP) is 3.03. The molecule has 1 aliphatic heterocycles. The fourth-order valence-electron chi connectivity index (χ4n) is 3.62. The van der Waals surface area contributed by atoms with Crippen molar-refractivity contribution < 1.29 is 19.2 Å². The Labute approximate surface area is 190 Å². The summed E-state index contributed by atoms with van der Waals surface area (Å²) >= 11 is 0. The van der Waals surface area contributed by atoms with Crippen LogP contribution in [0.3, 0.4) is 0 Å². The number of pyridine rings is 1. The molecule has 8 nitrogen and oxygen atoms in total. The number of hydrogen-bond donors (Lipinski definition) is 2. The van der Waals surface area contributed by atoms with Crippen molar-refractivity contribution in [1.29, 1.82) is 0 Å². The lowest BCUT2D eigenvalue weighted by Crippen LogP contribution is -2.31. The van der Waals surface area contributed by atoms with Gasteiger partial charge in [-0.05, 0) is 42.3 Å². The molecule has 4 amide bonds. The van der Waals surface area contributed by atoms with E-state index in [2.05, 4.69) is 15.6 Å². The van der Waals surface area contributed by atoms with E-state index in [4.69, 9.17) is 0 Å². The summed E-state index contributed by atoms with van der Waals surface area (Å²) in [6.45, 7) is 0.461. The number of benzene rings is 2. The van der Waals surface area contributed by atoms with Gasteiger partial charge in [0.2, 0.25) is 5.91 Å². The van der Waals surface area contributed by atoms with Gasteiger partial charge in [0.15, 0.2) is 0 Å². The van der Waals surface area contributed by atoms with Gasteiger partial charge in [-0.25, -0.2) is 0 Å². The van der Waals surface area contributed by atoms with E-state index in [1.54, 1.807) is 67.0 Å². The molecule has 4 rings (SSSR count). The van der Waals surface area contributed by atoms with Crippen molar-refractivity contribution in [3.05, 3.63) is 95.3 Å². The summed E-state index contributed by atoms with van der Waals surface area (Å²) in [5.41, 5.74) is 2.37. The Morgan fingerprint density at radius 3 is 2.27 bits per heavy atom. The smallest absolute Gasteiger partial charge is 0.261 e. The molecule has 8 heteroatoms. The number of para-hydroxylation sites is 1. The van der Waals surface area contributed by atoms with Crippen LogP contribution >= 0.6 is 0 Å². The molecule has 0 bridgehead atoms. The SMILES string of the molecule is O=C(CCCN1C(=O)c2ccccc2C1=O)Nc1ccccc1C(=O)NCc1cccnc1. The predicted molar refractivity (Wildman–Crippen MR) is 122 cm³/mol. The Morgan fingerprint density at radius 2 is 1.58 bits per heavy atom. The van der Waals surface area contributed by atoms with Crippen LogP contribution in [-0.4, -0.2) is 40.1 Å². The number of anilines is 1. The molecule has 1 aliphatic rings. The molecule has 0 spiro atoms. The first kappa shape index (κ1) is 21.9. The zero-order chi connectivity index (χ0) is 23.2. The average Bonchev–Trinajstić information content (AvgIpc) is 3.08. The number of fused-ring (bicyclic) bond motifs is 1. The van der Waals surface area contributed by atoms with Gasteiger partial charge in [-0.1, -0.05) is 30.3 Å². The van der Waals surface area contributed by atoms with Crippen LogP contribution in [-0.2, 0) is 11.3 Å². The lowest BCUT2D eigenvalue weighted by Gasteiger charge is -2.14. The molecule has 0 aliphatic carbocycles. The first-order chi connectivity index (χ1) is 16.0. The van der Waals surface area contributed by atoms with Crippen LogP contribution < -0.4 is 10.6 Å². The molecular weight excluding hydrogens is 420 g/mol. The summed E-state index contributed by atoms with van der Waals surface area (Å²) in [6, 6.07) is 17.1. The highest BCUT2D eigenvalue weighted by atomic mass is 16.2. The molecule has 33 heavy (non-hydrogen) atoms. The fraction of sp³-hybridized carbons (Fsp3) is 0.160. The van der Waals surface area contributed by atoms with Crippen molar-refractivity contribution in [1.82, 2.24) is 15.2 Å². The van der Waals surface area contributed by atoms with E-state index < -0.39 is 0 Å². The number of carbonyl (C=O) groups excluding carboxylic acids is 4. The summed E-state index contributed by atoms with van der Waals surface area (Å²) in [4.78, 5) is 55.1. The maximum Gasteiger partial charge on any atom is 0.261 e. The Kier molecular flexibility index (Phi) is 6.54. The van der Waals surface area contributed by atoms with Crippen LogP contribution in [0.25, 0.3) is 0 Å². The maximum atomic E-state index is 12.6. The molecule has 0 radical (unpaired) electrons. The van der Waals surface area contributed by atoms with E-state index in [1.165, 1.54) is 0 Å². The molecule has 0 saturated carbocycles. The standard InChI is InChI=1S/C25H22N4O4/c30-22(12-6-14-29-24(32)18-8-1-2-9-19(18)25(29)33)28-21-11-4-3-10-20(21)23(31)27-16-17-7-5-13-26-15-17/h1-5,7-11,13,15H,6,12,14,16H2,(H,27,31)(H,28,30). The van der Waals surface area contributed by atoms with E-state index in [-0.39, 0.29) is 36.6 Å². The Balaban J connectivity index is 1.31. The summed E-state index contributed by atoms with van der Waals surface area (Å²) in [5.74, 6) is -1.31. The third-order valence-corrected chi connectivity index (χ3v) is 5.29. The third-order valence-electron chi connectivity index (χ3n) is 5.29. The zero-order valence-electron chi connectivity index (χ0n) is 17.8. The fourth-order valence-corrected chi connectivity index (χ4v) is 3.62. The van der Waals surface area contributed by atoms with Gasteiger partial charge in [0.25, 0.3) is 17.7 Å². The van der Waals surface area contributed by atoms with Crippen molar-refractivity contribution >= 4 is 29.3 Å². The molecule has 2 N–H and O–H groups in total. The number of carbonyl (C=O) groups is 4. The minimum atomic E-state index is -0.341. The van der Waals surface area contributed by atoms with Crippen LogP contribution in [0, 0.1) is 0 Å². The number of aromatic nitrogens is 1. The number of amides is 4. The van der Waals surface area contributed by atoms with E-state index in [9.17, 15) is 19.2 Å². The summed E-state index contributed by atoms with van der Waals surface area (Å²) in [7, 11) is 0. The van der Waals surface area contributed by atoms with Gasteiger partial charge in [-0.3, -0.25) is 29.1 Å². The summed E-state index contributed by atoms with van der Waals surface area (Å²) in [6.07, 6.45) is 3.73. The Morgan fingerprint density at radius 1 is 0.879 bits per heavy atom. The van der Waals surface area contributed by atoms with Crippen LogP contribution in [0.1, 0.15) is 49.5 Å². The quantitative estimate of drug-likeness (QED) is 0.522. The van der Waals surface area contributed by atoms with Gasteiger partial charge in [0.1, 0.15) is 0 Å². The summed E-state index contributed by atoms with van der Waals surface area (Å²) < 4.78 is 0. The first-order valence-electron chi connectivity index (χ1n) is 10.6. The van der Waals surface area contributed by atoms with E-state index >= 15 is 0 Å². The number of hydrogen-bond acceptors (Lipinski definition) is 5. The number of rotatable bonds is 8. The lowest BCUT2D eigenvalue weighted by atomic mass is 10.1. The molecule has 0 saturated heterocycles. The number of nitrogens with zero attached hydrogens (tertiary/aromatic N) is 2. The van der Waals surface area contributed by atoms with Crippen molar-refractivity contribution in [2.45, 2.75) is 19.4 Å². The second-order valence-corrected chi connectivity index (χ2v) is 7.55. The zero-order valence-corrected chi connectivity index (χ0v) is 17.8. The van der Waals surface area contributed by atoms with Crippen LogP contribution in [0.4, 0.5) is 5.69 Å². The van der Waals surface area contributed by atoms with Gasteiger partial charge < -0.3 is 10.6 Å². The van der Waals surface area contributed by atoms with Crippen LogP contribution in [0.2, 0.25) is 0 Å². The second-order valence-electron chi connectivity index (χ2n) is 7.55. The minimum Gasteiger partial charge on any atom is -0.348 e. The van der Waals surface area contributed by atoms with Crippen molar-refractivity contribution in [2.24, 2.45) is 0 Å². The highest BCUT2D eigenvalue weighted by Crippen LogP contribution is 2.23.